The summed E-state index contributed by atoms with van der Waals surface area (Å²) in [7, 11) is 0. The van der Waals surface area contributed by atoms with Gasteiger partial charge in [-0.2, -0.15) is 0 Å². The molecule has 2 amide bonds. The molecule has 2 fully saturated rings. The number of nitrogens with zero attached hydrogens (tertiary/aromatic N) is 2. The van der Waals surface area contributed by atoms with Crippen LogP contribution >= 0.6 is 12.2 Å². The van der Waals surface area contributed by atoms with E-state index < -0.39 is 12.1 Å². The van der Waals surface area contributed by atoms with Crippen molar-refractivity contribution in [2.75, 3.05) is 38.1 Å². The molecule has 8 heteroatoms. The van der Waals surface area contributed by atoms with Crippen LogP contribution in [0.5, 0.6) is 0 Å². The largest absolute Gasteiger partial charge is 0.450 e. The number of rotatable bonds is 6. The number of benzene rings is 2. The van der Waals surface area contributed by atoms with Crippen LogP contribution in [0, 0.1) is 19.3 Å². The first-order valence-electron chi connectivity index (χ1n) is 13.2. The third-order valence-corrected chi connectivity index (χ3v) is 7.84. The van der Waals surface area contributed by atoms with Crippen LogP contribution in [0.1, 0.15) is 42.9 Å². The zero-order valence-corrected chi connectivity index (χ0v) is 22.9. The Bertz CT molecular complexity index is 1100. The number of anilines is 1. The number of ether oxygens (including phenoxy) is 1. The normalized spacial score (nSPS) is 17.4. The van der Waals surface area contributed by atoms with Gasteiger partial charge in [-0.25, -0.2) is 4.79 Å². The minimum Gasteiger partial charge on any atom is -0.450 e. The molecule has 0 radical (unpaired) electrons. The molecule has 198 valence electrons. The van der Waals surface area contributed by atoms with Gasteiger partial charge in [0.2, 0.25) is 5.91 Å². The molecular weight excluding hydrogens is 484 g/mol. The number of piperidine rings is 1. The highest BCUT2D eigenvalue weighted by atomic mass is 32.1. The maximum absolute atomic E-state index is 13.6. The lowest BCUT2D eigenvalue weighted by Gasteiger charge is -2.40. The predicted octanol–water partition coefficient (Wildman–Crippen LogP) is 4.67. The van der Waals surface area contributed by atoms with Crippen molar-refractivity contribution in [3.63, 3.8) is 0 Å². The zero-order valence-electron chi connectivity index (χ0n) is 22.1. The van der Waals surface area contributed by atoms with E-state index in [1.807, 2.05) is 35.2 Å². The Hall–Kier alpha value is -3.13. The summed E-state index contributed by atoms with van der Waals surface area (Å²) in [6.07, 6.45) is 2.83. The Morgan fingerprint density at radius 1 is 1.00 bits per heavy atom. The predicted molar refractivity (Wildman–Crippen MR) is 151 cm³/mol. The van der Waals surface area contributed by atoms with E-state index >= 15 is 0 Å². The summed E-state index contributed by atoms with van der Waals surface area (Å²) in [6, 6.07) is 15.5. The molecule has 0 bridgehead atoms. The van der Waals surface area contributed by atoms with Crippen LogP contribution in [0.25, 0.3) is 0 Å². The molecule has 1 unspecified atom stereocenters. The van der Waals surface area contributed by atoms with Crippen LogP contribution in [0.15, 0.2) is 48.5 Å². The average molecular weight is 523 g/mol. The molecule has 37 heavy (non-hydrogen) atoms. The van der Waals surface area contributed by atoms with Crippen molar-refractivity contribution in [3.8, 4) is 0 Å². The number of hydrogen-bond donors (Lipinski definition) is 2. The van der Waals surface area contributed by atoms with Crippen LogP contribution in [0.3, 0.4) is 0 Å². The van der Waals surface area contributed by atoms with Crippen molar-refractivity contribution in [2.24, 2.45) is 5.41 Å². The van der Waals surface area contributed by atoms with Gasteiger partial charge in [0.25, 0.3) is 0 Å². The summed E-state index contributed by atoms with van der Waals surface area (Å²) in [4.78, 5) is 29.9. The molecule has 7 nitrogen and oxygen atoms in total. The number of nitrogens with one attached hydrogen (secondary N) is 2. The summed E-state index contributed by atoms with van der Waals surface area (Å²) in [5.74, 6) is -0.0387. The Balaban J connectivity index is 1.35. The molecule has 2 aromatic carbocycles. The molecule has 1 spiro atoms. The molecule has 4 rings (SSSR count). The summed E-state index contributed by atoms with van der Waals surface area (Å²) in [6.45, 7) is 9.36. The standard InChI is InChI=1S/C29H38N4O3S/c1-4-36-28(35)31-25(19-23-8-6-5-7-9-23)26(34)33-15-12-29(20-33)10-13-32(14-11-29)27(37)30-24-17-21(2)16-22(3)18-24/h5-9,16-18,25H,4,10-15,19-20H2,1-3H3,(H,30,37)(H,31,35). The number of hydrogen-bond acceptors (Lipinski definition) is 4. The van der Waals surface area contributed by atoms with Gasteiger partial charge in [-0.05, 0) is 86.5 Å². The molecule has 0 saturated carbocycles. The van der Waals surface area contributed by atoms with Gasteiger partial charge in [-0.15, -0.1) is 0 Å². The summed E-state index contributed by atoms with van der Waals surface area (Å²) < 4.78 is 5.08. The molecule has 0 aromatic heterocycles. The Morgan fingerprint density at radius 3 is 2.24 bits per heavy atom. The zero-order chi connectivity index (χ0) is 26.4. The maximum Gasteiger partial charge on any atom is 0.407 e. The molecular formula is C29H38N4O3S. The smallest absolute Gasteiger partial charge is 0.407 e. The van der Waals surface area contributed by atoms with Gasteiger partial charge in [-0.1, -0.05) is 36.4 Å². The molecule has 2 aliphatic heterocycles. The number of carbonyl (C=O) groups is 2. The van der Waals surface area contributed by atoms with Crippen molar-refractivity contribution in [2.45, 2.75) is 52.5 Å². The van der Waals surface area contributed by atoms with Gasteiger partial charge in [0.15, 0.2) is 5.11 Å². The average Bonchev–Trinajstić information content (AvgIpc) is 3.27. The first-order valence-corrected chi connectivity index (χ1v) is 13.6. The minimum absolute atomic E-state index is 0.0387. The molecule has 2 saturated heterocycles. The van der Waals surface area contributed by atoms with Crippen molar-refractivity contribution < 1.29 is 14.3 Å². The maximum atomic E-state index is 13.6. The van der Waals surface area contributed by atoms with Crippen LogP contribution in [-0.4, -0.2) is 65.7 Å². The second kappa shape index (κ2) is 11.9. The molecule has 1 atom stereocenters. The SMILES string of the molecule is CCOC(=O)NC(Cc1ccccc1)C(=O)N1CCC2(CCN(C(=S)Nc3cc(C)cc(C)c3)CC2)C1. The molecule has 2 N–H and O–H groups in total. The molecule has 0 aliphatic carbocycles. The number of carbonyl (C=O) groups excluding carboxylic acids is 2. The Labute approximate surface area is 225 Å². The fraction of sp³-hybridized carbons (Fsp3) is 0.483. The highest BCUT2D eigenvalue weighted by Gasteiger charge is 2.43. The quantitative estimate of drug-likeness (QED) is 0.537. The van der Waals surface area contributed by atoms with E-state index in [1.54, 1.807) is 6.92 Å². The van der Waals surface area contributed by atoms with Crippen LogP contribution in [-0.2, 0) is 16.0 Å². The minimum atomic E-state index is -0.647. The van der Waals surface area contributed by atoms with E-state index in [2.05, 4.69) is 47.6 Å². The topological polar surface area (TPSA) is 73.9 Å². The summed E-state index contributed by atoms with van der Waals surface area (Å²) >= 11 is 5.73. The Morgan fingerprint density at radius 2 is 1.62 bits per heavy atom. The van der Waals surface area contributed by atoms with E-state index in [-0.39, 0.29) is 17.9 Å². The van der Waals surface area contributed by atoms with E-state index in [9.17, 15) is 9.59 Å². The van der Waals surface area contributed by atoms with Crippen molar-refractivity contribution in [1.82, 2.24) is 15.1 Å². The van der Waals surface area contributed by atoms with E-state index in [4.69, 9.17) is 17.0 Å². The second-order valence-corrected chi connectivity index (χ2v) is 10.8. The summed E-state index contributed by atoms with van der Waals surface area (Å²) in [5, 5.41) is 6.96. The molecule has 2 aliphatic rings. The van der Waals surface area contributed by atoms with Gasteiger partial charge < -0.3 is 25.2 Å². The van der Waals surface area contributed by atoms with Gasteiger partial charge in [0.05, 0.1) is 6.61 Å². The van der Waals surface area contributed by atoms with Crippen LogP contribution in [0.2, 0.25) is 0 Å². The monoisotopic (exact) mass is 522 g/mol. The highest BCUT2D eigenvalue weighted by molar-refractivity contribution is 7.80. The molecule has 2 heterocycles. The van der Waals surface area contributed by atoms with Crippen molar-refractivity contribution >= 4 is 35.0 Å². The van der Waals surface area contributed by atoms with Gasteiger partial charge in [-0.3, -0.25) is 4.79 Å². The Kier molecular flexibility index (Phi) is 8.69. The lowest BCUT2D eigenvalue weighted by molar-refractivity contribution is -0.132. The van der Waals surface area contributed by atoms with E-state index in [0.717, 1.165) is 48.7 Å². The second-order valence-electron chi connectivity index (χ2n) is 10.4. The van der Waals surface area contributed by atoms with Gasteiger partial charge in [0.1, 0.15) is 6.04 Å². The van der Waals surface area contributed by atoms with Crippen LogP contribution < -0.4 is 10.6 Å². The first-order chi connectivity index (χ1) is 17.8. The number of alkyl carbamates (subject to hydrolysis) is 1. The molecule has 2 aromatic rings. The van der Waals surface area contributed by atoms with E-state index in [0.29, 0.717) is 19.5 Å². The third-order valence-electron chi connectivity index (χ3n) is 7.48. The number of likely N-dealkylation sites (tertiary alicyclic amines) is 2. The van der Waals surface area contributed by atoms with E-state index in [1.165, 1.54) is 11.1 Å². The van der Waals surface area contributed by atoms with Crippen LogP contribution in [0.4, 0.5) is 10.5 Å². The summed E-state index contributed by atoms with van der Waals surface area (Å²) in [5.41, 5.74) is 4.55. The van der Waals surface area contributed by atoms with Gasteiger partial charge >= 0.3 is 6.09 Å². The lowest BCUT2D eigenvalue weighted by atomic mass is 9.78. The highest BCUT2D eigenvalue weighted by Crippen LogP contribution is 2.40. The third kappa shape index (κ3) is 7.01. The van der Waals surface area contributed by atoms with Crippen molar-refractivity contribution in [3.05, 3.63) is 65.2 Å². The van der Waals surface area contributed by atoms with Gasteiger partial charge in [0, 0.05) is 38.3 Å². The van der Waals surface area contributed by atoms with Crippen molar-refractivity contribution in [1.29, 1.82) is 0 Å². The lowest BCUT2D eigenvalue weighted by Crippen LogP contribution is -2.50. The first kappa shape index (κ1) is 26.9. The number of amides is 2. The number of thiocarbonyl (C=S) groups is 1. The fourth-order valence-corrected chi connectivity index (χ4v) is 5.85. The number of aryl methyl sites for hydroxylation is 2. The fourth-order valence-electron chi connectivity index (χ4n) is 5.55.